The maximum atomic E-state index is 6.92. The van der Waals surface area contributed by atoms with E-state index in [1.807, 2.05) is 0 Å². The van der Waals surface area contributed by atoms with Crippen molar-refractivity contribution in [2.24, 2.45) is 0 Å². The predicted octanol–water partition coefficient (Wildman–Crippen LogP) is 11.5. The Morgan fingerprint density at radius 3 is 1.71 bits per heavy atom. The molecular weight excluding hydrogens is 508 g/mol. The SMILES string of the molecule is CC1(C)c2ccccc2-c2c3ccccc3c(-c3cccc4c3oc3c(-c5ccccc5)cccc34)c3cccc1c23. The van der Waals surface area contributed by atoms with Crippen LogP contribution in [0, 0.1) is 0 Å². The number of benzene rings is 7. The molecule has 0 saturated carbocycles. The van der Waals surface area contributed by atoms with Gasteiger partial charge in [-0.2, -0.15) is 0 Å². The fourth-order valence-electron chi connectivity index (χ4n) is 7.57. The van der Waals surface area contributed by atoms with Crippen LogP contribution in [0.4, 0.5) is 0 Å². The van der Waals surface area contributed by atoms with Gasteiger partial charge in [0.15, 0.2) is 0 Å². The number of hydrogen-bond donors (Lipinski definition) is 0. The highest BCUT2D eigenvalue weighted by atomic mass is 16.3. The molecule has 0 atom stereocenters. The van der Waals surface area contributed by atoms with E-state index < -0.39 is 0 Å². The molecule has 0 aliphatic heterocycles. The third-order valence-electron chi connectivity index (χ3n) is 9.47. The summed E-state index contributed by atoms with van der Waals surface area (Å²) in [6.45, 7) is 4.73. The van der Waals surface area contributed by atoms with Crippen LogP contribution in [0.5, 0.6) is 0 Å². The third-order valence-corrected chi connectivity index (χ3v) is 9.47. The summed E-state index contributed by atoms with van der Waals surface area (Å²) in [7, 11) is 0. The minimum absolute atomic E-state index is 0.112. The molecule has 0 radical (unpaired) electrons. The fraction of sp³-hybridized carbons (Fsp3) is 0.0732. The zero-order valence-electron chi connectivity index (χ0n) is 23.6. The molecule has 1 heterocycles. The van der Waals surface area contributed by atoms with Gasteiger partial charge in [-0.1, -0.05) is 147 Å². The van der Waals surface area contributed by atoms with Crippen LogP contribution >= 0.6 is 0 Å². The first kappa shape index (κ1) is 23.6. The second kappa shape index (κ2) is 8.44. The second-order valence-corrected chi connectivity index (χ2v) is 12.0. The van der Waals surface area contributed by atoms with Crippen LogP contribution in [0.1, 0.15) is 25.0 Å². The molecule has 1 aliphatic rings. The summed E-state index contributed by atoms with van der Waals surface area (Å²) in [4.78, 5) is 0. The Morgan fingerprint density at radius 1 is 0.405 bits per heavy atom. The van der Waals surface area contributed by atoms with Gasteiger partial charge < -0.3 is 4.42 Å². The van der Waals surface area contributed by atoms with E-state index in [4.69, 9.17) is 4.42 Å². The molecule has 0 saturated heterocycles. The van der Waals surface area contributed by atoms with Gasteiger partial charge in [-0.15, -0.1) is 0 Å². The number of rotatable bonds is 2. The summed E-state index contributed by atoms with van der Waals surface area (Å²) < 4.78 is 6.92. The maximum absolute atomic E-state index is 6.92. The Kier molecular flexibility index (Phi) is 4.73. The van der Waals surface area contributed by atoms with Gasteiger partial charge in [-0.05, 0) is 49.4 Å². The van der Waals surface area contributed by atoms with Crippen LogP contribution in [-0.2, 0) is 5.41 Å². The van der Waals surface area contributed by atoms with Crippen molar-refractivity contribution in [3.05, 3.63) is 145 Å². The lowest BCUT2D eigenvalue weighted by Crippen LogP contribution is -2.23. The van der Waals surface area contributed by atoms with Crippen molar-refractivity contribution in [2.75, 3.05) is 0 Å². The van der Waals surface area contributed by atoms with Crippen LogP contribution in [0.2, 0.25) is 0 Å². The number of hydrogen-bond acceptors (Lipinski definition) is 1. The van der Waals surface area contributed by atoms with Crippen LogP contribution in [-0.4, -0.2) is 0 Å². The lowest BCUT2D eigenvalue weighted by molar-refractivity contribution is 0.645. The normalized spacial score (nSPS) is 13.7. The van der Waals surface area contributed by atoms with E-state index in [1.165, 1.54) is 49.4 Å². The quantitative estimate of drug-likeness (QED) is 0.200. The van der Waals surface area contributed by atoms with Crippen molar-refractivity contribution in [3.63, 3.8) is 0 Å². The molecule has 42 heavy (non-hydrogen) atoms. The predicted molar refractivity (Wildman–Crippen MR) is 177 cm³/mol. The smallest absolute Gasteiger partial charge is 0.143 e. The molecule has 1 aliphatic carbocycles. The van der Waals surface area contributed by atoms with E-state index in [2.05, 4.69) is 147 Å². The minimum atomic E-state index is -0.112. The summed E-state index contributed by atoms with van der Waals surface area (Å²) in [5, 5.41) is 7.47. The van der Waals surface area contributed by atoms with E-state index in [1.54, 1.807) is 0 Å². The number of para-hydroxylation sites is 2. The highest BCUT2D eigenvalue weighted by Crippen LogP contribution is 2.54. The molecule has 9 rings (SSSR count). The Balaban J connectivity index is 1.45. The number of fused-ring (bicyclic) bond motifs is 7. The molecule has 0 amide bonds. The zero-order chi connectivity index (χ0) is 28.0. The van der Waals surface area contributed by atoms with Gasteiger partial charge in [-0.25, -0.2) is 0 Å². The number of furan rings is 1. The standard InChI is InChI=1S/C41H28O/c1-41(2)34-23-9-8-17-31(34)37-28-16-7-6-15-27(28)36(32-21-12-24-35(41)38(32)37)33-22-11-20-30-29-19-10-18-26(39(29)42-40(30)33)25-13-4-3-5-14-25/h3-24H,1-2H3. The van der Waals surface area contributed by atoms with Crippen molar-refractivity contribution in [2.45, 2.75) is 19.3 Å². The third kappa shape index (κ3) is 3.03. The monoisotopic (exact) mass is 536 g/mol. The van der Waals surface area contributed by atoms with Crippen LogP contribution in [0.15, 0.2) is 138 Å². The molecular formula is C41H28O. The van der Waals surface area contributed by atoms with Crippen LogP contribution in [0.25, 0.3) is 76.9 Å². The van der Waals surface area contributed by atoms with Crippen molar-refractivity contribution in [1.29, 1.82) is 0 Å². The van der Waals surface area contributed by atoms with Crippen molar-refractivity contribution >= 4 is 43.5 Å². The summed E-state index contributed by atoms with van der Waals surface area (Å²) >= 11 is 0. The first-order chi connectivity index (χ1) is 20.6. The Labute approximate surface area is 244 Å². The van der Waals surface area contributed by atoms with E-state index in [-0.39, 0.29) is 5.41 Å². The zero-order valence-corrected chi connectivity index (χ0v) is 23.6. The molecule has 8 aromatic rings. The topological polar surface area (TPSA) is 13.1 Å². The van der Waals surface area contributed by atoms with E-state index in [0.29, 0.717) is 0 Å². The summed E-state index contributed by atoms with van der Waals surface area (Å²) in [6, 6.07) is 48.4. The van der Waals surface area contributed by atoms with Gasteiger partial charge >= 0.3 is 0 Å². The van der Waals surface area contributed by atoms with E-state index in [0.717, 1.165) is 38.6 Å². The Hall–Kier alpha value is -5.14. The molecule has 0 spiro atoms. The summed E-state index contributed by atoms with van der Waals surface area (Å²) in [5.41, 5.74) is 11.9. The van der Waals surface area contributed by atoms with Gasteiger partial charge in [0.2, 0.25) is 0 Å². The maximum Gasteiger partial charge on any atom is 0.143 e. The molecule has 0 N–H and O–H groups in total. The molecule has 0 bridgehead atoms. The van der Waals surface area contributed by atoms with Crippen molar-refractivity contribution in [3.8, 4) is 33.4 Å². The fourth-order valence-corrected chi connectivity index (χ4v) is 7.57. The van der Waals surface area contributed by atoms with Crippen molar-refractivity contribution in [1.82, 2.24) is 0 Å². The molecule has 1 heteroatoms. The largest absolute Gasteiger partial charge is 0.455 e. The molecule has 0 fully saturated rings. The summed E-state index contributed by atoms with van der Waals surface area (Å²) in [5.74, 6) is 0. The van der Waals surface area contributed by atoms with Gasteiger partial charge in [0, 0.05) is 32.9 Å². The summed E-state index contributed by atoms with van der Waals surface area (Å²) in [6.07, 6.45) is 0. The highest BCUT2D eigenvalue weighted by molar-refractivity contribution is 6.26. The lowest BCUT2D eigenvalue weighted by atomic mass is 9.67. The Bertz CT molecular complexity index is 2370. The van der Waals surface area contributed by atoms with Crippen LogP contribution in [0.3, 0.4) is 0 Å². The van der Waals surface area contributed by atoms with Gasteiger partial charge in [0.1, 0.15) is 11.2 Å². The average molecular weight is 537 g/mol. The first-order valence-electron chi connectivity index (χ1n) is 14.7. The molecule has 1 nitrogen and oxygen atoms in total. The van der Waals surface area contributed by atoms with E-state index >= 15 is 0 Å². The van der Waals surface area contributed by atoms with Crippen molar-refractivity contribution < 1.29 is 4.42 Å². The minimum Gasteiger partial charge on any atom is -0.455 e. The molecule has 1 aromatic heterocycles. The second-order valence-electron chi connectivity index (χ2n) is 12.0. The molecule has 7 aromatic carbocycles. The highest BCUT2D eigenvalue weighted by Gasteiger charge is 2.35. The lowest BCUT2D eigenvalue weighted by Gasteiger charge is -2.36. The Morgan fingerprint density at radius 2 is 0.929 bits per heavy atom. The van der Waals surface area contributed by atoms with Gasteiger partial charge in [-0.3, -0.25) is 0 Å². The van der Waals surface area contributed by atoms with Crippen LogP contribution < -0.4 is 0 Å². The molecule has 0 unspecified atom stereocenters. The van der Waals surface area contributed by atoms with E-state index in [9.17, 15) is 0 Å². The molecule has 198 valence electrons. The van der Waals surface area contributed by atoms with Gasteiger partial charge in [0.25, 0.3) is 0 Å². The average Bonchev–Trinajstić information content (AvgIpc) is 3.43. The first-order valence-corrected chi connectivity index (χ1v) is 14.7. The van der Waals surface area contributed by atoms with Gasteiger partial charge in [0.05, 0.1) is 0 Å².